The van der Waals surface area contributed by atoms with Gasteiger partial charge in [0.2, 0.25) is 0 Å². The third-order valence-electron chi connectivity index (χ3n) is 3.12. The Morgan fingerprint density at radius 3 is 2.53 bits per heavy atom. The predicted molar refractivity (Wildman–Crippen MR) is 76.8 cm³/mol. The number of nitrogens with one attached hydrogen (secondary N) is 3. The van der Waals surface area contributed by atoms with E-state index >= 15 is 0 Å². The van der Waals surface area contributed by atoms with Crippen molar-refractivity contribution >= 4 is 17.3 Å². The molecule has 98 valence electrons. The Hall–Kier alpha value is -2.14. The number of rotatable bonds is 4. The number of hydrogen-bond acceptors (Lipinski definition) is 5. The number of aromatic nitrogens is 2. The Morgan fingerprint density at radius 2 is 1.84 bits per heavy atom. The van der Waals surface area contributed by atoms with E-state index in [0.717, 1.165) is 30.4 Å². The number of benzene rings is 1. The molecule has 0 bridgehead atoms. The molecule has 19 heavy (non-hydrogen) atoms. The van der Waals surface area contributed by atoms with Gasteiger partial charge in [-0.05, 0) is 19.1 Å². The quantitative estimate of drug-likeness (QED) is 0.779. The molecule has 2 heterocycles. The molecule has 0 spiro atoms. The maximum absolute atomic E-state index is 4.23. The largest absolute Gasteiger partial charge is 0.365 e. The zero-order valence-electron chi connectivity index (χ0n) is 10.9. The van der Waals surface area contributed by atoms with Crippen LogP contribution < -0.4 is 16.0 Å². The van der Waals surface area contributed by atoms with Crippen molar-refractivity contribution in [1.82, 2.24) is 15.3 Å². The minimum Gasteiger partial charge on any atom is -0.365 e. The summed E-state index contributed by atoms with van der Waals surface area (Å²) >= 11 is 0. The van der Waals surface area contributed by atoms with Crippen molar-refractivity contribution < 1.29 is 0 Å². The number of aryl methyl sites for hydroxylation is 1. The molecule has 0 radical (unpaired) electrons. The van der Waals surface area contributed by atoms with Gasteiger partial charge in [0.1, 0.15) is 18.0 Å². The number of nitrogens with zero attached hydrogens (tertiary/aromatic N) is 2. The fraction of sp³-hybridized carbons (Fsp3) is 0.286. The Balaban J connectivity index is 1.69. The standard InChI is InChI=1S/C14H17N5/c1-10-2-4-11(5-3-10)18-13-6-14(17-9-16-13)19-12-7-15-8-12/h2-6,9,12,15H,7-8H2,1H3,(H2,16,17,18,19). The molecular weight excluding hydrogens is 238 g/mol. The lowest BCUT2D eigenvalue weighted by Crippen LogP contribution is -2.51. The van der Waals surface area contributed by atoms with Crippen LogP contribution in [-0.2, 0) is 0 Å². The van der Waals surface area contributed by atoms with E-state index in [2.05, 4.69) is 45.0 Å². The summed E-state index contributed by atoms with van der Waals surface area (Å²) in [4.78, 5) is 8.46. The summed E-state index contributed by atoms with van der Waals surface area (Å²) in [7, 11) is 0. The van der Waals surface area contributed by atoms with Gasteiger partial charge < -0.3 is 16.0 Å². The first-order chi connectivity index (χ1) is 9.29. The van der Waals surface area contributed by atoms with E-state index in [-0.39, 0.29) is 0 Å². The van der Waals surface area contributed by atoms with Crippen molar-refractivity contribution in [2.24, 2.45) is 0 Å². The molecule has 0 atom stereocenters. The smallest absolute Gasteiger partial charge is 0.135 e. The fourth-order valence-corrected chi connectivity index (χ4v) is 1.89. The molecule has 1 aliphatic heterocycles. The highest BCUT2D eigenvalue weighted by atomic mass is 15.1. The van der Waals surface area contributed by atoms with Crippen LogP contribution in [0.2, 0.25) is 0 Å². The molecule has 5 heteroatoms. The second-order valence-corrected chi connectivity index (χ2v) is 4.78. The van der Waals surface area contributed by atoms with Crippen molar-refractivity contribution in [3.05, 3.63) is 42.2 Å². The van der Waals surface area contributed by atoms with E-state index in [1.807, 2.05) is 18.2 Å². The van der Waals surface area contributed by atoms with Gasteiger partial charge in [-0.1, -0.05) is 17.7 Å². The first-order valence-electron chi connectivity index (χ1n) is 6.42. The molecule has 1 aliphatic rings. The van der Waals surface area contributed by atoms with Gasteiger partial charge in [-0.15, -0.1) is 0 Å². The molecule has 2 aromatic rings. The highest BCUT2D eigenvalue weighted by Crippen LogP contribution is 2.17. The lowest BCUT2D eigenvalue weighted by Gasteiger charge is -2.28. The van der Waals surface area contributed by atoms with Crippen LogP contribution in [-0.4, -0.2) is 29.1 Å². The van der Waals surface area contributed by atoms with Gasteiger partial charge in [0.05, 0.1) is 6.04 Å². The summed E-state index contributed by atoms with van der Waals surface area (Å²) in [5, 5.41) is 9.85. The van der Waals surface area contributed by atoms with Gasteiger partial charge >= 0.3 is 0 Å². The van der Waals surface area contributed by atoms with Gasteiger partial charge in [-0.3, -0.25) is 0 Å². The van der Waals surface area contributed by atoms with Crippen LogP contribution in [0.4, 0.5) is 17.3 Å². The number of hydrogen-bond donors (Lipinski definition) is 3. The van der Waals surface area contributed by atoms with E-state index in [9.17, 15) is 0 Å². The lowest BCUT2D eigenvalue weighted by molar-refractivity contribution is 0.471. The van der Waals surface area contributed by atoms with E-state index in [4.69, 9.17) is 0 Å². The van der Waals surface area contributed by atoms with Crippen LogP contribution in [0, 0.1) is 6.92 Å². The fourth-order valence-electron chi connectivity index (χ4n) is 1.89. The van der Waals surface area contributed by atoms with E-state index in [1.54, 1.807) is 6.33 Å². The Morgan fingerprint density at radius 1 is 1.11 bits per heavy atom. The summed E-state index contributed by atoms with van der Waals surface area (Å²) in [5.74, 6) is 1.66. The first kappa shape index (κ1) is 11.9. The van der Waals surface area contributed by atoms with Crippen LogP contribution in [0.15, 0.2) is 36.7 Å². The molecule has 1 aromatic carbocycles. The van der Waals surface area contributed by atoms with Gasteiger partial charge in [-0.2, -0.15) is 0 Å². The zero-order chi connectivity index (χ0) is 13.1. The average molecular weight is 255 g/mol. The Bertz CT molecular complexity index is 548. The van der Waals surface area contributed by atoms with E-state index in [0.29, 0.717) is 6.04 Å². The second kappa shape index (κ2) is 5.24. The molecule has 0 amide bonds. The summed E-state index contributed by atoms with van der Waals surface area (Å²) in [6, 6.07) is 10.6. The summed E-state index contributed by atoms with van der Waals surface area (Å²) in [6.07, 6.45) is 1.57. The van der Waals surface area contributed by atoms with Gasteiger partial charge in [-0.25, -0.2) is 9.97 Å². The first-order valence-corrected chi connectivity index (χ1v) is 6.42. The van der Waals surface area contributed by atoms with Crippen molar-refractivity contribution in [2.45, 2.75) is 13.0 Å². The Labute approximate surface area is 112 Å². The van der Waals surface area contributed by atoms with Crippen molar-refractivity contribution in [1.29, 1.82) is 0 Å². The molecule has 0 unspecified atom stereocenters. The SMILES string of the molecule is Cc1ccc(Nc2cc(NC3CNC3)ncn2)cc1. The van der Waals surface area contributed by atoms with Crippen LogP contribution >= 0.6 is 0 Å². The minimum absolute atomic E-state index is 0.474. The molecule has 3 rings (SSSR count). The molecule has 1 aromatic heterocycles. The third-order valence-corrected chi connectivity index (χ3v) is 3.12. The summed E-state index contributed by atoms with van der Waals surface area (Å²) in [6.45, 7) is 4.05. The maximum atomic E-state index is 4.23. The monoisotopic (exact) mass is 255 g/mol. The molecule has 5 nitrogen and oxygen atoms in total. The van der Waals surface area contributed by atoms with Gasteiger partial charge in [0.15, 0.2) is 0 Å². The average Bonchev–Trinajstić information content (AvgIpc) is 2.37. The van der Waals surface area contributed by atoms with Crippen molar-refractivity contribution in [3.63, 3.8) is 0 Å². The molecule has 1 fully saturated rings. The molecular formula is C14H17N5. The van der Waals surface area contributed by atoms with Gasteiger partial charge in [0.25, 0.3) is 0 Å². The van der Waals surface area contributed by atoms with E-state index in [1.165, 1.54) is 5.56 Å². The summed E-state index contributed by atoms with van der Waals surface area (Å²) < 4.78 is 0. The van der Waals surface area contributed by atoms with E-state index < -0.39 is 0 Å². The molecule has 0 aliphatic carbocycles. The normalized spacial score (nSPS) is 14.8. The Kier molecular flexibility index (Phi) is 3.29. The second-order valence-electron chi connectivity index (χ2n) is 4.78. The van der Waals surface area contributed by atoms with Crippen LogP contribution in [0.5, 0.6) is 0 Å². The minimum atomic E-state index is 0.474. The number of anilines is 3. The summed E-state index contributed by atoms with van der Waals surface area (Å²) in [5.41, 5.74) is 2.27. The lowest BCUT2D eigenvalue weighted by atomic mass is 10.2. The van der Waals surface area contributed by atoms with Gasteiger partial charge in [0, 0.05) is 24.8 Å². The van der Waals surface area contributed by atoms with Crippen LogP contribution in [0.3, 0.4) is 0 Å². The maximum Gasteiger partial charge on any atom is 0.135 e. The highest BCUT2D eigenvalue weighted by molar-refractivity contribution is 5.59. The highest BCUT2D eigenvalue weighted by Gasteiger charge is 2.16. The predicted octanol–water partition coefficient (Wildman–Crippen LogP) is 1.91. The molecule has 1 saturated heterocycles. The zero-order valence-corrected chi connectivity index (χ0v) is 10.9. The topological polar surface area (TPSA) is 61.9 Å². The van der Waals surface area contributed by atoms with Crippen LogP contribution in [0.1, 0.15) is 5.56 Å². The third kappa shape index (κ3) is 3.00. The van der Waals surface area contributed by atoms with Crippen molar-refractivity contribution in [3.8, 4) is 0 Å². The van der Waals surface area contributed by atoms with Crippen LogP contribution in [0.25, 0.3) is 0 Å². The molecule has 0 saturated carbocycles. The molecule has 3 N–H and O–H groups in total. The van der Waals surface area contributed by atoms with Crippen molar-refractivity contribution in [2.75, 3.05) is 23.7 Å².